The molecule has 0 aromatic carbocycles. The Kier molecular flexibility index (Phi) is 13.4. The third kappa shape index (κ3) is 12.0. The predicted molar refractivity (Wildman–Crippen MR) is 134 cm³/mol. The lowest BCUT2D eigenvalue weighted by Crippen LogP contribution is -2.17. The van der Waals surface area contributed by atoms with Gasteiger partial charge in [0, 0.05) is 0 Å². The van der Waals surface area contributed by atoms with Crippen molar-refractivity contribution in [3.8, 4) is 0 Å². The maximum atomic E-state index is 5.11. The first-order valence-electron chi connectivity index (χ1n) is 8.09. The first-order chi connectivity index (χ1) is 10.1. The molecule has 0 fully saturated rings. The van der Waals surface area contributed by atoms with E-state index in [-0.39, 0.29) is 17.3 Å². The quantitative estimate of drug-likeness (QED) is 0.200. The van der Waals surface area contributed by atoms with Crippen LogP contribution in [0.15, 0.2) is 0 Å². The normalized spacial score (nSPS) is 18.4. The third-order valence-electron chi connectivity index (χ3n) is 3.73. The molecule has 0 saturated carbocycles. The van der Waals surface area contributed by atoms with Gasteiger partial charge in [0.05, 0.1) is 17.3 Å². The second-order valence-corrected chi connectivity index (χ2v) is 27.0. The van der Waals surface area contributed by atoms with Crippen molar-refractivity contribution in [2.75, 3.05) is 23.0 Å². The van der Waals surface area contributed by atoms with Gasteiger partial charge in [-0.3, -0.25) is 0 Å². The summed E-state index contributed by atoms with van der Waals surface area (Å²) in [5.74, 6) is 5.10. The molecule has 0 aromatic heterocycles. The minimum atomic E-state index is -0.892. The topological polar surface area (TPSA) is 0 Å². The van der Waals surface area contributed by atoms with Gasteiger partial charge in [-0.25, -0.2) is 0 Å². The molecule has 0 aliphatic rings. The molecule has 0 rings (SSSR count). The molecule has 0 aromatic rings. The smallest absolute Gasteiger partial charge is 0.0910 e. The van der Waals surface area contributed by atoms with Gasteiger partial charge in [-0.05, 0) is 55.8 Å². The molecular weight excluding hydrogens is 417 g/mol. The highest BCUT2D eigenvalue weighted by atomic mass is 33.7. The van der Waals surface area contributed by atoms with E-state index < -0.39 is 8.09 Å². The van der Waals surface area contributed by atoms with Crippen LogP contribution in [-0.4, -0.2) is 40.3 Å². The molecule has 0 bridgehead atoms. The SMILES string of the molecule is CCS[SiH2]C(C)(C)CCS(S)(CCC(C)(C)[SiH2]SCC)SS. The van der Waals surface area contributed by atoms with E-state index in [1.807, 2.05) is 0 Å². The standard InChI is InChI=1S/C14H36S6Si2/c1-7-17-21-13(3,4)9-11-20(16,19-15)12-10-14(5,6)22-18-8-2/h15-16H,7-12,21-22H2,1-6H3. The molecule has 0 N–H and O–H groups in total. The van der Waals surface area contributed by atoms with Crippen LogP contribution in [0.5, 0.6) is 0 Å². The van der Waals surface area contributed by atoms with Gasteiger partial charge in [0.15, 0.2) is 0 Å². The average molecular weight is 453 g/mol. The van der Waals surface area contributed by atoms with Crippen LogP contribution in [0.4, 0.5) is 0 Å². The first-order valence-corrected chi connectivity index (χ1v) is 20.7. The number of thiol groups is 2. The van der Waals surface area contributed by atoms with E-state index in [2.05, 4.69) is 75.6 Å². The Morgan fingerprint density at radius 1 is 0.864 bits per heavy atom. The van der Waals surface area contributed by atoms with E-state index in [4.69, 9.17) is 11.7 Å². The lowest BCUT2D eigenvalue weighted by molar-refractivity contribution is 0.648. The molecule has 0 aliphatic heterocycles. The van der Waals surface area contributed by atoms with Crippen LogP contribution in [0.1, 0.15) is 54.4 Å². The molecule has 0 aliphatic carbocycles. The summed E-state index contributed by atoms with van der Waals surface area (Å²) >= 11 is 14.1. The van der Waals surface area contributed by atoms with Crippen LogP contribution >= 0.6 is 63.7 Å². The molecule has 0 unspecified atom stereocenters. The molecule has 0 amide bonds. The maximum Gasteiger partial charge on any atom is 0.0910 e. The summed E-state index contributed by atoms with van der Waals surface area (Å²) in [7, 11) is 0.819. The third-order valence-corrected chi connectivity index (χ3v) is 24.8. The fourth-order valence-electron chi connectivity index (χ4n) is 1.95. The Balaban J connectivity index is 4.39. The second-order valence-electron chi connectivity index (χ2n) is 7.36. The molecule has 8 heteroatoms. The van der Waals surface area contributed by atoms with E-state index >= 15 is 0 Å². The average Bonchev–Trinajstić information content (AvgIpc) is 2.47. The molecule has 0 radical (unpaired) electrons. The molecular formula is C14H36S6Si2. The van der Waals surface area contributed by atoms with E-state index in [1.165, 1.54) is 35.9 Å². The molecule has 136 valence electrons. The van der Waals surface area contributed by atoms with Gasteiger partial charge in [-0.2, -0.15) is 22.4 Å². The number of hydrogen-bond acceptors (Lipinski definition) is 5. The summed E-state index contributed by atoms with van der Waals surface area (Å²) in [5.41, 5.74) is 0. The highest BCUT2D eigenvalue weighted by Gasteiger charge is 2.28. The lowest BCUT2D eigenvalue weighted by Gasteiger charge is -2.37. The second kappa shape index (κ2) is 12.0. The van der Waals surface area contributed by atoms with Crippen molar-refractivity contribution < 1.29 is 0 Å². The van der Waals surface area contributed by atoms with Gasteiger partial charge in [0.1, 0.15) is 0 Å². The van der Waals surface area contributed by atoms with Crippen LogP contribution < -0.4 is 0 Å². The van der Waals surface area contributed by atoms with Gasteiger partial charge >= 0.3 is 0 Å². The van der Waals surface area contributed by atoms with Crippen molar-refractivity contribution in [1.82, 2.24) is 0 Å². The predicted octanol–water partition coefficient (Wildman–Crippen LogP) is 5.98. The van der Waals surface area contributed by atoms with Gasteiger partial charge in [0.25, 0.3) is 0 Å². The number of rotatable bonds is 13. The fourth-order valence-corrected chi connectivity index (χ4v) is 15.0. The van der Waals surface area contributed by atoms with Crippen molar-refractivity contribution in [2.24, 2.45) is 0 Å². The van der Waals surface area contributed by atoms with Crippen LogP contribution in [0.3, 0.4) is 0 Å². The Bertz CT molecular complexity index is 275. The summed E-state index contributed by atoms with van der Waals surface area (Å²) in [5, 5.41) is 1.13. The molecule has 22 heavy (non-hydrogen) atoms. The largest absolute Gasteiger partial charge is 0.193 e. The van der Waals surface area contributed by atoms with Crippen LogP contribution in [0, 0.1) is 0 Å². The zero-order chi connectivity index (χ0) is 17.3. The minimum Gasteiger partial charge on any atom is -0.193 e. The Morgan fingerprint density at radius 3 is 1.50 bits per heavy atom. The zero-order valence-electron chi connectivity index (χ0n) is 15.2. The van der Waals surface area contributed by atoms with E-state index in [0.29, 0.717) is 10.1 Å². The molecule has 0 heterocycles. The van der Waals surface area contributed by atoms with Gasteiger partial charge in [-0.15, -0.1) is 31.4 Å². The molecule has 0 nitrogen and oxygen atoms in total. The summed E-state index contributed by atoms with van der Waals surface area (Å²) in [4.78, 5) is 0. The van der Waals surface area contributed by atoms with E-state index in [1.54, 1.807) is 9.83 Å². The van der Waals surface area contributed by atoms with Crippen molar-refractivity contribution in [3.63, 3.8) is 0 Å². The number of hydrogen-bond donors (Lipinski definition) is 2. The van der Waals surface area contributed by atoms with Gasteiger partial charge in [-0.1, -0.05) is 41.5 Å². The fraction of sp³-hybridized carbons (Fsp3) is 1.00. The van der Waals surface area contributed by atoms with Crippen molar-refractivity contribution in [1.29, 1.82) is 0 Å². The maximum absolute atomic E-state index is 5.11. The van der Waals surface area contributed by atoms with Crippen LogP contribution in [-0.2, 0) is 0 Å². The molecule has 0 atom stereocenters. The monoisotopic (exact) mass is 452 g/mol. The van der Waals surface area contributed by atoms with Crippen molar-refractivity contribution >= 4 is 81.0 Å². The first kappa shape index (κ1) is 24.5. The summed E-state index contributed by atoms with van der Waals surface area (Å²) < 4.78 is 0. The highest BCUT2D eigenvalue weighted by Crippen LogP contribution is 2.68. The lowest BCUT2D eigenvalue weighted by atomic mass is 10.1. The molecule has 0 saturated heterocycles. The molecule has 0 spiro atoms. The summed E-state index contributed by atoms with van der Waals surface area (Å²) in [6.07, 6.45) is 2.67. The van der Waals surface area contributed by atoms with Gasteiger partial charge < -0.3 is 0 Å². The summed E-state index contributed by atoms with van der Waals surface area (Å²) in [6, 6.07) is 0. The zero-order valence-corrected chi connectivity index (χ0v) is 23.1. The minimum absolute atomic E-state index is 0.0246. The van der Waals surface area contributed by atoms with Crippen LogP contribution in [0.25, 0.3) is 0 Å². The van der Waals surface area contributed by atoms with E-state index in [9.17, 15) is 0 Å². The van der Waals surface area contributed by atoms with E-state index in [0.717, 1.165) is 0 Å². The Labute approximate surface area is 167 Å². The summed E-state index contributed by atoms with van der Waals surface area (Å²) in [6.45, 7) is 14.4. The Morgan fingerprint density at radius 2 is 1.23 bits per heavy atom. The van der Waals surface area contributed by atoms with Crippen LogP contribution in [0.2, 0.25) is 10.1 Å². The van der Waals surface area contributed by atoms with Crippen molar-refractivity contribution in [2.45, 2.75) is 64.5 Å². The Hall–Kier alpha value is 2.53. The van der Waals surface area contributed by atoms with Crippen molar-refractivity contribution in [3.05, 3.63) is 0 Å². The van der Waals surface area contributed by atoms with Gasteiger partial charge in [0.2, 0.25) is 0 Å². The highest BCUT2D eigenvalue weighted by molar-refractivity contribution is 9.33.